The van der Waals surface area contributed by atoms with E-state index in [0.717, 1.165) is 37.4 Å². The number of rotatable bonds is 3. The van der Waals surface area contributed by atoms with Crippen LogP contribution in [0.15, 0.2) is 36.4 Å². The Bertz CT molecular complexity index is 781. The highest BCUT2D eigenvalue weighted by molar-refractivity contribution is 6.03. The molecule has 1 spiro atoms. The normalized spacial score (nSPS) is 18.9. The van der Waals surface area contributed by atoms with Gasteiger partial charge < -0.3 is 19.7 Å². The van der Waals surface area contributed by atoms with Gasteiger partial charge in [0.1, 0.15) is 17.3 Å². The molecule has 1 aromatic carbocycles. The third-order valence-corrected chi connectivity index (χ3v) is 4.75. The number of aryl methyl sites for hydroxylation is 1. The molecule has 26 heavy (non-hydrogen) atoms. The first-order valence-corrected chi connectivity index (χ1v) is 8.89. The van der Waals surface area contributed by atoms with Crippen LogP contribution < -0.4 is 10.2 Å². The Labute approximate surface area is 152 Å². The maximum atomic E-state index is 12.5. The number of piperidine rings is 1. The molecule has 7 heteroatoms. The summed E-state index contributed by atoms with van der Waals surface area (Å²) in [6.45, 7) is 4.68. The first-order chi connectivity index (χ1) is 12.6. The second kappa shape index (κ2) is 7.01. The molecule has 2 aliphatic rings. The van der Waals surface area contributed by atoms with Crippen LogP contribution in [-0.2, 0) is 9.47 Å². The van der Waals surface area contributed by atoms with Crippen molar-refractivity contribution in [3.8, 4) is 0 Å². The molecule has 2 fully saturated rings. The molecule has 0 aliphatic carbocycles. The van der Waals surface area contributed by atoms with Gasteiger partial charge in [0.2, 0.25) is 0 Å². The van der Waals surface area contributed by atoms with Crippen LogP contribution in [0.4, 0.5) is 11.5 Å². The zero-order chi connectivity index (χ0) is 18.0. The van der Waals surface area contributed by atoms with Crippen LogP contribution in [0, 0.1) is 6.92 Å². The molecule has 0 atom stereocenters. The van der Waals surface area contributed by atoms with Crippen molar-refractivity contribution in [2.24, 2.45) is 0 Å². The van der Waals surface area contributed by atoms with Gasteiger partial charge in [-0.05, 0) is 19.1 Å². The highest BCUT2D eigenvalue weighted by atomic mass is 16.7. The number of carbonyl (C=O) groups is 1. The number of hydrogen-bond donors (Lipinski definition) is 1. The standard InChI is InChI=1S/C19H22N4O3/c1-14-20-16(18(24)22-15-5-3-2-4-6-15)13-17(21-14)23-9-7-19(8-10-23)25-11-12-26-19/h2-6,13H,7-12H2,1H3,(H,22,24). The number of amides is 1. The first-order valence-electron chi connectivity index (χ1n) is 8.89. The van der Waals surface area contributed by atoms with Crippen molar-refractivity contribution in [1.82, 2.24) is 9.97 Å². The number of nitrogens with one attached hydrogen (secondary N) is 1. The van der Waals surface area contributed by atoms with Gasteiger partial charge in [0.05, 0.1) is 13.2 Å². The number of ether oxygens (including phenoxy) is 2. The molecule has 2 saturated heterocycles. The van der Waals surface area contributed by atoms with Crippen LogP contribution in [0.5, 0.6) is 0 Å². The molecule has 1 N–H and O–H groups in total. The Hall–Kier alpha value is -2.51. The number of aromatic nitrogens is 2. The minimum atomic E-state index is -0.425. The molecule has 1 aromatic heterocycles. The molecular weight excluding hydrogens is 332 g/mol. The van der Waals surface area contributed by atoms with E-state index in [1.807, 2.05) is 30.3 Å². The quantitative estimate of drug-likeness (QED) is 0.912. The van der Waals surface area contributed by atoms with Crippen molar-refractivity contribution < 1.29 is 14.3 Å². The fraction of sp³-hybridized carbons (Fsp3) is 0.421. The smallest absolute Gasteiger partial charge is 0.274 e. The number of para-hydroxylation sites is 1. The number of hydrogen-bond acceptors (Lipinski definition) is 6. The van der Waals surface area contributed by atoms with Crippen molar-refractivity contribution in [3.05, 3.63) is 47.9 Å². The summed E-state index contributed by atoms with van der Waals surface area (Å²) in [6, 6.07) is 11.1. The number of anilines is 2. The van der Waals surface area contributed by atoms with Crippen molar-refractivity contribution in [2.75, 3.05) is 36.5 Å². The lowest BCUT2D eigenvalue weighted by Crippen LogP contribution is -2.45. The van der Waals surface area contributed by atoms with Crippen LogP contribution in [0.25, 0.3) is 0 Å². The summed E-state index contributed by atoms with van der Waals surface area (Å²) in [6.07, 6.45) is 1.59. The lowest BCUT2D eigenvalue weighted by atomic mass is 10.0. The lowest BCUT2D eigenvalue weighted by Gasteiger charge is -2.38. The SMILES string of the molecule is Cc1nc(C(=O)Nc2ccccc2)cc(N2CCC3(CC2)OCCO3)n1. The average Bonchev–Trinajstić information content (AvgIpc) is 3.10. The van der Waals surface area contributed by atoms with E-state index in [1.54, 1.807) is 13.0 Å². The van der Waals surface area contributed by atoms with Crippen LogP contribution in [0.2, 0.25) is 0 Å². The molecule has 0 bridgehead atoms. The first kappa shape index (κ1) is 16.9. The summed E-state index contributed by atoms with van der Waals surface area (Å²) < 4.78 is 11.5. The van der Waals surface area contributed by atoms with Gasteiger partial charge in [0.25, 0.3) is 5.91 Å². The summed E-state index contributed by atoms with van der Waals surface area (Å²) in [5, 5.41) is 2.87. The van der Waals surface area contributed by atoms with Crippen LogP contribution in [0.3, 0.4) is 0 Å². The van der Waals surface area contributed by atoms with Crippen LogP contribution >= 0.6 is 0 Å². The number of benzene rings is 1. The molecule has 0 saturated carbocycles. The van der Waals surface area contributed by atoms with Crippen molar-refractivity contribution >= 4 is 17.4 Å². The Morgan fingerprint density at radius 3 is 2.50 bits per heavy atom. The Morgan fingerprint density at radius 2 is 1.81 bits per heavy atom. The van der Waals surface area contributed by atoms with E-state index < -0.39 is 5.79 Å². The molecule has 2 aliphatic heterocycles. The lowest BCUT2D eigenvalue weighted by molar-refractivity contribution is -0.169. The summed E-state index contributed by atoms with van der Waals surface area (Å²) in [7, 11) is 0. The van der Waals surface area contributed by atoms with Crippen molar-refractivity contribution in [3.63, 3.8) is 0 Å². The van der Waals surface area contributed by atoms with Crippen molar-refractivity contribution in [2.45, 2.75) is 25.6 Å². The van der Waals surface area contributed by atoms with Crippen molar-refractivity contribution in [1.29, 1.82) is 0 Å². The maximum Gasteiger partial charge on any atom is 0.274 e. The highest BCUT2D eigenvalue weighted by Crippen LogP contribution is 2.32. The van der Waals surface area contributed by atoms with E-state index in [9.17, 15) is 4.79 Å². The second-order valence-corrected chi connectivity index (χ2v) is 6.57. The molecule has 4 rings (SSSR count). The van der Waals surface area contributed by atoms with Gasteiger partial charge >= 0.3 is 0 Å². The van der Waals surface area contributed by atoms with Gasteiger partial charge in [-0.3, -0.25) is 4.79 Å². The summed E-state index contributed by atoms with van der Waals surface area (Å²) in [5.41, 5.74) is 1.11. The third kappa shape index (κ3) is 3.54. The molecule has 1 amide bonds. The van der Waals surface area contributed by atoms with Gasteiger partial charge in [0.15, 0.2) is 5.79 Å². The van der Waals surface area contributed by atoms with Gasteiger partial charge in [0, 0.05) is 37.7 Å². The van der Waals surface area contributed by atoms with Crippen LogP contribution in [-0.4, -0.2) is 48.0 Å². The fourth-order valence-corrected chi connectivity index (χ4v) is 3.41. The molecule has 136 valence electrons. The molecule has 0 radical (unpaired) electrons. The predicted octanol–water partition coefficient (Wildman–Crippen LogP) is 2.38. The molecular formula is C19H22N4O3. The fourth-order valence-electron chi connectivity index (χ4n) is 3.41. The topological polar surface area (TPSA) is 76.6 Å². The largest absolute Gasteiger partial charge is 0.356 e. The Kier molecular flexibility index (Phi) is 4.57. The summed E-state index contributed by atoms with van der Waals surface area (Å²) >= 11 is 0. The molecule has 2 aromatic rings. The minimum absolute atomic E-state index is 0.237. The molecule has 7 nitrogen and oxygen atoms in total. The minimum Gasteiger partial charge on any atom is -0.356 e. The zero-order valence-electron chi connectivity index (χ0n) is 14.8. The van der Waals surface area contributed by atoms with Gasteiger partial charge in [-0.15, -0.1) is 0 Å². The van der Waals surface area contributed by atoms with E-state index in [4.69, 9.17) is 9.47 Å². The molecule has 3 heterocycles. The maximum absolute atomic E-state index is 12.5. The summed E-state index contributed by atoms with van der Waals surface area (Å²) in [5.74, 6) is 0.684. The van der Waals surface area contributed by atoms with E-state index in [2.05, 4.69) is 20.2 Å². The Balaban J connectivity index is 1.48. The average molecular weight is 354 g/mol. The zero-order valence-corrected chi connectivity index (χ0v) is 14.8. The second-order valence-electron chi connectivity index (χ2n) is 6.57. The Morgan fingerprint density at radius 1 is 1.12 bits per heavy atom. The summed E-state index contributed by atoms with van der Waals surface area (Å²) in [4.78, 5) is 23.5. The number of nitrogens with zero attached hydrogens (tertiary/aromatic N) is 3. The third-order valence-electron chi connectivity index (χ3n) is 4.75. The van der Waals surface area contributed by atoms with E-state index >= 15 is 0 Å². The van der Waals surface area contributed by atoms with E-state index in [0.29, 0.717) is 24.7 Å². The highest BCUT2D eigenvalue weighted by Gasteiger charge is 2.40. The predicted molar refractivity (Wildman–Crippen MR) is 97.2 cm³/mol. The van der Waals surface area contributed by atoms with E-state index in [-0.39, 0.29) is 5.91 Å². The van der Waals surface area contributed by atoms with Gasteiger partial charge in [-0.25, -0.2) is 9.97 Å². The van der Waals surface area contributed by atoms with Gasteiger partial charge in [-0.1, -0.05) is 18.2 Å². The van der Waals surface area contributed by atoms with E-state index in [1.165, 1.54) is 0 Å². The molecule has 0 unspecified atom stereocenters. The number of carbonyl (C=O) groups excluding carboxylic acids is 1. The van der Waals surface area contributed by atoms with Crippen LogP contribution in [0.1, 0.15) is 29.2 Å². The van der Waals surface area contributed by atoms with Gasteiger partial charge in [-0.2, -0.15) is 0 Å². The monoisotopic (exact) mass is 354 g/mol.